The second kappa shape index (κ2) is 7.40. The van der Waals surface area contributed by atoms with E-state index in [2.05, 4.69) is 0 Å². The third-order valence-corrected chi connectivity index (χ3v) is 3.87. The van der Waals surface area contributed by atoms with Crippen LogP contribution in [0.5, 0.6) is 0 Å². The van der Waals surface area contributed by atoms with Gasteiger partial charge < -0.3 is 9.47 Å². The van der Waals surface area contributed by atoms with Gasteiger partial charge in [0, 0.05) is 18.9 Å². The highest BCUT2D eigenvalue weighted by atomic mass is 16.6. The fourth-order valence-corrected chi connectivity index (χ4v) is 1.92. The summed E-state index contributed by atoms with van der Waals surface area (Å²) >= 11 is 0. The molecule has 0 saturated heterocycles. The van der Waals surface area contributed by atoms with E-state index in [1.165, 1.54) is 6.92 Å². The smallest absolute Gasteiger partial charge is 0.306 e. The number of carbonyl (C=O) groups is 3. The number of hydrogen-bond donors (Lipinski definition) is 0. The van der Waals surface area contributed by atoms with Crippen LogP contribution in [-0.4, -0.2) is 28.9 Å². The van der Waals surface area contributed by atoms with Crippen LogP contribution in [0.1, 0.15) is 57.8 Å². The molecule has 126 valence electrons. The molecule has 1 aromatic carbocycles. The molecule has 1 rings (SSSR count). The number of hydrogen-bond acceptors (Lipinski definition) is 5. The Balaban J connectivity index is 2.59. The zero-order chi connectivity index (χ0) is 17.7. The lowest BCUT2D eigenvalue weighted by Crippen LogP contribution is -2.51. The van der Waals surface area contributed by atoms with E-state index in [1.54, 1.807) is 52.0 Å². The van der Waals surface area contributed by atoms with Crippen molar-refractivity contribution in [2.24, 2.45) is 0 Å². The number of carbonyl (C=O) groups excluding carboxylic acids is 3. The van der Waals surface area contributed by atoms with E-state index in [4.69, 9.17) is 9.47 Å². The first-order valence-corrected chi connectivity index (χ1v) is 7.55. The maximum atomic E-state index is 12.0. The zero-order valence-corrected chi connectivity index (χ0v) is 14.3. The molecule has 0 bridgehead atoms. The molecule has 0 aliphatic rings. The van der Waals surface area contributed by atoms with Crippen molar-refractivity contribution >= 4 is 17.7 Å². The van der Waals surface area contributed by atoms with Crippen LogP contribution < -0.4 is 0 Å². The maximum Gasteiger partial charge on any atom is 0.306 e. The highest BCUT2D eigenvalue weighted by Crippen LogP contribution is 2.29. The van der Waals surface area contributed by atoms with Gasteiger partial charge >= 0.3 is 11.9 Å². The summed E-state index contributed by atoms with van der Waals surface area (Å²) < 4.78 is 10.6. The van der Waals surface area contributed by atoms with Crippen molar-refractivity contribution in [3.05, 3.63) is 35.9 Å². The SMILES string of the molecule is CC(=O)OC(C)(C)C(C)(C)OC(=O)CCC(=O)c1ccccc1. The average Bonchev–Trinajstić information content (AvgIpc) is 2.43. The molecular weight excluding hydrogens is 296 g/mol. The van der Waals surface area contributed by atoms with Gasteiger partial charge in [-0.25, -0.2) is 0 Å². The monoisotopic (exact) mass is 320 g/mol. The number of rotatable bonds is 7. The number of benzene rings is 1. The van der Waals surface area contributed by atoms with Crippen molar-refractivity contribution in [2.75, 3.05) is 0 Å². The highest BCUT2D eigenvalue weighted by Gasteiger charge is 2.43. The molecule has 0 aliphatic carbocycles. The molecule has 0 N–H and O–H groups in total. The fraction of sp³-hybridized carbons (Fsp3) is 0.500. The summed E-state index contributed by atoms with van der Waals surface area (Å²) in [5, 5.41) is 0. The van der Waals surface area contributed by atoms with E-state index in [0.717, 1.165) is 0 Å². The Morgan fingerprint density at radius 3 is 1.91 bits per heavy atom. The van der Waals surface area contributed by atoms with Crippen molar-refractivity contribution in [1.29, 1.82) is 0 Å². The molecule has 0 heterocycles. The van der Waals surface area contributed by atoms with Gasteiger partial charge in [0.1, 0.15) is 11.2 Å². The van der Waals surface area contributed by atoms with Gasteiger partial charge in [0.2, 0.25) is 0 Å². The van der Waals surface area contributed by atoms with E-state index in [9.17, 15) is 14.4 Å². The van der Waals surface area contributed by atoms with E-state index >= 15 is 0 Å². The Kier molecular flexibility index (Phi) is 6.07. The molecule has 5 heteroatoms. The summed E-state index contributed by atoms with van der Waals surface area (Å²) in [6, 6.07) is 8.79. The van der Waals surface area contributed by atoms with Crippen LogP contribution in [0.2, 0.25) is 0 Å². The molecule has 5 nitrogen and oxygen atoms in total. The molecule has 0 atom stereocenters. The van der Waals surface area contributed by atoms with Crippen molar-refractivity contribution in [3.8, 4) is 0 Å². The summed E-state index contributed by atoms with van der Waals surface area (Å²) in [5.41, 5.74) is -1.41. The maximum absolute atomic E-state index is 12.0. The molecule has 0 radical (unpaired) electrons. The van der Waals surface area contributed by atoms with Gasteiger partial charge in [0.25, 0.3) is 0 Å². The second-order valence-corrected chi connectivity index (χ2v) is 6.38. The standard InChI is InChI=1S/C18H24O5/c1-13(19)22-17(2,3)18(4,5)23-16(21)12-11-15(20)14-9-7-6-8-10-14/h6-10H,11-12H2,1-5H3. The molecule has 0 spiro atoms. The Morgan fingerprint density at radius 1 is 0.870 bits per heavy atom. The summed E-state index contributed by atoms with van der Waals surface area (Å²) in [6.07, 6.45) is 0.0558. The molecule has 0 aromatic heterocycles. The normalized spacial score (nSPS) is 11.7. The Morgan fingerprint density at radius 2 is 1.39 bits per heavy atom. The first kappa shape index (κ1) is 18.9. The number of esters is 2. The molecule has 0 unspecified atom stereocenters. The lowest BCUT2D eigenvalue weighted by Gasteiger charge is -2.39. The topological polar surface area (TPSA) is 69.7 Å². The van der Waals surface area contributed by atoms with Crippen LogP contribution in [0.15, 0.2) is 30.3 Å². The highest BCUT2D eigenvalue weighted by molar-refractivity contribution is 5.97. The van der Waals surface area contributed by atoms with Gasteiger partial charge in [-0.2, -0.15) is 0 Å². The minimum Gasteiger partial charge on any atom is -0.456 e. The Labute approximate surface area is 137 Å². The number of ether oxygens (including phenoxy) is 2. The van der Waals surface area contributed by atoms with Crippen molar-refractivity contribution in [1.82, 2.24) is 0 Å². The second-order valence-electron chi connectivity index (χ2n) is 6.38. The predicted octanol–water partition coefficient (Wildman–Crippen LogP) is 3.31. The molecule has 23 heavy (non-hydrogen) atoms. The largest absolute Gasteiger partial charge is 0.456 e. The van der Waals surface area contributed by atoms with Gasteiger partial charge in [-0.05, 0) is 27.7 Å². The van der Waals surface area contributed by atoms with E-state index in [0.29, 0.717) is 5.56 Å². The molecular formula is C18H24O5. The van der Waals surface area contributed by atoms with Crippen LogP contribution in [-0.2, 0) is 19.1 Å². The fourth-order valence-electron chi connectivity index (χ4n) is 1.92. The minimum absolute atomic E-state index is 0.0205. The molecule has 0 amide bonds. The van der Waals surface area contributed by atoms with Crippen LogP contribution in [0, 0.1) is 0 Å². The van der Waals surface area contributed by atoms with Crippen molar-refractivity contribution in [3.63, 3.8) is 0 Å². The zero-order valence-electron chi connectivity index (χ0n) is 14.3. The third-order valence-electron chi connectivity index (χ3n) is 3.87. The van der Waals surface area contributed by atoms with E-state index in [1.807, 2.05) is 6.07 Å². The quantitative estimate of drug-likeness (QED) is 0.569. The summed E-state index contributed by atoms with van der Waals surface area (Å²) in [7, 11) is 0. The van der Waals surface area contributed by atoms with Crippen LogP contribution in [0.4, 0.5) is 0 Å². The first-order valence-electron chi connectivity index (χ1n) is 7.55. The van der Waals surface area contributed by atoms with Crippen LogP contribution >= 0.6 is 0 Å². The van der Waals surface area contributed by atoms with E-state index in [-0.39, 0.29) is 18.6 Å². The van der Waals surface area contributed by atoms with Gasteiger partial charge in [-0.3, -0.25) is 14.4 Å². The number of ketones is 1. The van der Waals surface area contributed by atoms with E-state index < -0.39 is 23.1 Å². The lowest BCUT2D eigenvalue weighted by atomic mass is 9.89. The first-order chi connectivity index (χ1) is 10.5. The third kappa shape index (κ3) is 5.51. The molecule has 1 aromatic rings. The molecule has 0 fully saturated rings. The minimum atomic E-state index is -1.01. The summed E-state index contributed by atoms with van der Waals surface area (Å²) in [5.74, 6) is -1.06. The average molecular weight is 320 g/mol. The van der Waals surface area contributed by atoms with Gasteiger partial charge in [0.15, 0.2) is 5.78 Å². The van der Waals surface area contributed by atoms with Crippen molar-refractivity contribution in [2.45, 2.75) is 58.7 Å². The molecule has 0 aliphatic heterocycles. The Hall–Kier alpha value is -2.17. The van der Waals surface area contributed by atoms with Gasteiger partial charge in [0.05, 0.1) is 6.42 Å². The molecule has 0 saturated carbocycles. The summed E-state index contributed by atoms with van der Waals surface area (Å²) in [6.45, 7) is 8.01. The van der Waals surface area contributed by atoms with Crippen LogP contribution in [0.3, 0.4) is 0 Å². The van der Waals surface area contributed by atoms with Crippen LogP contribution in [0.25, 0.3) is 0 Å². The van der Waals surface area contributed by atoms with Gasteiger partial charge in [-0.1, -0.05) is 30.3 Å². The van der Waals surface area contributed by atoms with Gasteiger partial charge in [-0.15, -0.1) is 0 Å². The summed E-state index contributed by atoms with van der Waals surface area (Å²) in [4.78, 5) is 35.1. The number of Topliss-reactive ketones (excluding diaryl/α,β-unsaturated/α-hetero) is 1. The van der Waals surface area contributed by atoms with Crippen molar-refractivity contribution < 1.29 is 23.9 Å². The predicted molar refractivity (Wildman–Crippen MR) is 86.0 cm³/mol. The Bertz CT molecular complexity index is 572. The lowest BCUT2D eigenvalue weighted by molar-refractivity contribution is -0.197.